The Morgan fingerprint density at radius 1 is 0.862 bits per heavy atom. The lowest BCUT2D eigenvalue weighted by atomic mass is 9.92. The molecule has 0 aromatic heterocycles. The second kappa shape index (κ2) is 7.55. The van der Waals surface area contributed by atoms with E-state index in [1.54, 1.807) is 5.56 Å². The van der Waals surface area contributed by atoms with E-state index in [4.69, 9.17) is 0 Å². The Morgan fingerprint density at radius 3 is 2.38 bits per heavy atom. The molecule has 0 radical (unpaired) electrons. The van der Waals surface area contributed by atoms with Crippen LogP contribution in [0.4, 0.5) is 11.4 Å². The van der Waals surface area contributed by atoms with Crippen LogP contribution in [-0.2, 0) is 0 Å². The van der Waals surface area contributed by atoms with Gasteiger partial charge >= 0.3 is 0 Å². The van der Waals surface area contributed by atoms with Crippen molar-refractivity contribution < 1.29 is 0 Å². The van der Waals surface area contributed by atoms with Gasteiger partial charge in [0.05, 0.1) is 0 Å². The first-order valence-corrected chi connectivity index (χ1v) is 11.0. The van der Waals surface area contributed by atoms with E-state index in [2.05, 4.69) is 104 Å². The summed E-state index contributed by atoms with van der Waals surface area (Å²) in [6, 6.07) is 27.3. The van der Waals surface area contributed by atoms with Gasteiger partial charge in [-0.1, -0.05) is 79.6 Å². The molecule has 1 nitrogen and oxygen atoms in total. The molecule has 3 atom stereocenters. The van der Waals surface area contributed by atoms with Crippen LogP contribution in [0.3, 0.4) is 0 Å². The topological polar surface area (TPSA) is 3.24 Å². The zero-order valence-corrected chi connectivity index (χ0v) is 17.4. The molecule has 3 aromatic carbocycles. The van der Waals surface area contributed by atoms with Crippen LogP contribution < -0.4 is 4.90 Å². The smallest absolute Gasteiger partial charge is 0.0450 e. The third-order valence-electron chi connectivity index (χ3n) is 6.86. The minimum absolute atomic E-state index is 0.603. The molecule has 1 saturated carbocycles. The Hall–Kier alpha value is -2.80. The lowest BCUT2D eigenvalue weighted by molar-refractivity contribution is 0.456. The Labute approximate surface area is 174 Å². The maximum absolute atomic E-state index is 2.64. The van der Waals surface area contributed by atoms with Crippen molar-refractivity contribution in [3.8, 4) is 0 Å². The fourth-order valence-corrected chi connectivity index (χ4v) is 5.37. The standard InChI is InChI=1S/C28H29N/c1-3-23-14-17-25-26-19-22(12-11-21-7-5-4-6-8-21)13-18-27(26)29(28(23)25)24-15-9-20(2)10-16-24/h4-13,15-16,18-19,23,25,28H,3,14,17H2,1-2H3. The normalized spacial score (nSPS) is 22.8. The molecule has 2 aliphatic rings. The van der Waals surface area contributed by atoms with Crippen molar-refractivity contribution in [2.45, 2.75) is 45.1 Å². The quantitative estimate of drug-likeness (QED) is 0.422. The number of hydrogen-bond acceptors (Lipinski definition) is 1. The van der Waals surface area contributed by atoms with Crippen LogP contribution in [0.5, 0.6) is 0 Å². The van der Waals surface area contributed by atoms with Crippen molar-refractivity contribution >= 4 is 23.5 Å². The molecule has 29 heavy (non-hydrogen) atoms. The highest BCUT2D eigenvalue weighted by Crippen LogP contribution is 2.55. The predicted molar refractivity (Wildman–Crippen MR) is 125 cm³/mol. The molecule has 0 saturated heterocycles. The van der Waals surface area contributed by atoms with Gasteiger partial charge in [0.1, 0.15) is 0 Å². The van der Waals surface area contributed by atoms with Crippen molar-refractivity contribution in [3.63, 3.8) is 0 Å². The summed E-state index contributed by atoms with van der Waals surface area (Å²) in [6.45, 7) is 4.53. The third kappa shape index (κ3) is 3.29. The van der Waals surface area contributed by atoms with E-state index >= 15 is 0 Å². The van der Waals surface area contributed by atoms with E-state index in [0.29, 0.717) is 12.0 Å². The highest BCUT2D eigenvalue weighted by atomic mass is 15.2. The molecule has 0 spiro atoms. The number of fused-ring (bicyclic) bond motifs is 3. The first-order chi connectivity index (χ1) is 14.2. The third-order valence-corrected chi connectivity index (χ3v) is 6.86. The van der Waals surface area contributed by atoms with Crippen LogP contribution in [0.2, 0.25) is 0 Å². The number of benzene rings is 3. The molecular weight excluding hydrogens is 350 g/mol. The molecule has 1 aliphatic heterocycles. The Balaban J connectivity index is 1.54. The number of anilines is 2. The predicted octanol–water partition coefficient (Wildman–Crippen LogP) is 7.59. The number of aryl methyl sites for hydroxylation is 1. The van der Waals surface area contributed by atoms with Gasteiger partial charge in [0.15, 0.2) is 0 Å². The highest BCUT2D eigenvalue weighted by Gasteiger charge is 2.46. The van der Waals surface area contributed by atoms with Crippen LogP contribution >= 0.6 is 0 Å². The van der Waals surface area contributed by atoms with Gasteiger partial charge in [0.2, 0.25) is 0 Å². The minimum Gasteiger partial charge on any atom is -0.337 e. The first-order valence-electron chi connectivity index (χ1n) is 11.0. The number of rotatable bonds is 4. The number of hydrogen-bond donors (Lipinski definition) is 0. The van der Waals surface area contributed by atoms with Gasteiger partial charge in [-0.25, -0.2) is 0 Å². The SMILES string of the molecule is CCC1CCC2c3cc(C=Cc4ccccc4)ccc3N(c3ccc(C)cc3)C12. The van der Waals surface area contributed by atoms with Crippen LogP contribution in [0.15, 0.2) is 72.8 Å². The maximum atomic E-state index is 2.64. The average molecular weight is 380 g/mol. The zero-order chi connectivity index (χ0) is 19.8. The van der Waals surface area contributed by atoms with Gasteiger partial charge in [0.25, 0.3) is 0 Å². The minimum atomic E-state index is 0.603. The summed E-state index contributed by atoms with van der Waals surface area (Å²) >= 11 is 0. The average Bonchev–Trinajstić information content (AvgIpc) is 3.31. The highest BCUT2D eigenvalue weighted by molar-refractivity contribution is 5.77. The second-order valence-electron chi connectivity index (χ2n) is 8.61. The summed E-state index contributed by atoms with van der Waals surface area (Å²) in [5.41, 5.74) is 8.18. The number of nitrogens with zero attached hydrogens (tertiary/aromatic N) is 1. The van der Waals surface area contributed by atoms with E-state index in [-0.39, 0.29) is 0 Å². The van der Waals surface area contributed by atoms with Gasteiger partial charge in [-0.05, 0) is 66.6 Å². The van der Waals surface area contributed by atoms with Crippen molar-refractivity contribution in [1.29, 1.82) is 0 Å². The van der Waals surface area contributed by atoms with Gasteiger partial charge < -0.3 is 4.90 Å². The molecule has 0 N–H and O–H groups in total. The molecule has 0 bridgehead atoms. The van der Waals surface area contributed by atoms with Crippen molar-refractivity contribution in [3.05, 3.63) is 95.1 Å². The van der Waals surface area contributed by atoms with Crippen molar-refractivity contribution in [2.24, 2.45) is 5.92 Å². The monoisotopic (exact) mass is 379 g/mol. The Kier molecular flexibility index (Phi) is 4.75. The van der Waals surface area contributed by atoms with Crippen LogP contribution in [-0.4, -0.2) is 6.04 Å². The van der Waals surface area contributed by atoms with E-state index in [1.807, 2.05) is 0 Å². The molecule has 1 aliphatic carbocycles. The van der Waals surface area contributed by atoms with E-state index in [9.17, 15) is 0 Å². The largest absolute Gasteiger partial charge is 0.337 e. The summed E-state index contributed by atoms with van der Waals surface area (Å²) in [4.78, 5) is 2.64. The van der Waals surface area contributed by atoms with Crippen molar-refractivity contribution in [2.75, 3.05) is 4.90 Å². The molecule has 3 unspecified atom stereocenters. The molecule has 5 rings (SSSR count). The van der Waals surface area contributed by atoms with Gasteiger partial charge in [-0.15, -0.1) is 0 Å². The van der Waals surface area contributed by atoms with Crippen LogP contribution in [0, 0.1) is 12.8 Å². The molecule has 1 heterocycles. The van der Waals surface area contributed by atoms with Gasteiger partial charge in [0, 0.05) is 23.3 Å². The molecule has 1 fully saturated rings. The summed E-state index contributed by atoms with van der Waals surface area (Å²) in [7, 11) is 0. The molecule has 146 valence electrons. The summed E-state index contributed by atoms with van der Waals surface area (Å²) in [5, 5.41) is 0. The van der Waals surface area contributed by atoms with Crippen LogP contribution in [0.1, 0.15) is 54.4 Å². The fourth-order valence-electron chi connectivity index (χ4n) is 5.37. The Bertz CT molecular complexity index is 1020. The molecule has 1 heteroatoms. The molecule has 3 aromatic rings. The Morgan fingerprint density at radius 2 is 1.62 bits per heavy atom. The first kappa shape index (κ1) is 18.2. The second-order valence-corrected chi connectivity index (χ2v) is 8.61. The lowest BCUT2D eigenvalue weighted by Crippen LogP contribution is -2.32. The molecular formula is C28H29N. The fraction of sp³-hybridized carbons (Fsp3) is 0.286. The van der Waals surface area contributed by atoms with E-state index in [0.717, 1.165) is 5.92 Å². The van der Waals surface area contributed by atoms with Crippen LogP contribution in [0.25, 0.3) is 12.2 Å². The zero-order valence-electron chi connectivity index (χ0n) is 17.4. The summed E-state index contributed by atoms with van der Waals surface area (Å²) in [6.07, 6.45) is 8.39. The summed E-state index contributed by atoms with van der Waals surface area (Å²) < 4.78 is 0. The van der Waals surface area contributed by atoms with Gasteiger partial charge in [-0.2, -0.15) is 0 Å². The van der Waals surface area contributed by atoms with Gasteiger partial charge in [-0.3, -0.25) is 0 Å². The molecule has 0 amide bonds. The van der Waals surface area contributed by atoms with E-state index in [1.165, 1.54) is 47.3 Å². The van der Waals surface area contributed by atoms with E-state index < -0.39 is 0 Å². The van der Waals surface area contributed by atoms with Crippen molar-refractivity contribution in [1.82, 2.24) is 0 Å². The lowest BCUT2D eigenvalue weighted by Gasteiger charge is -2.31. The maximum Gasteiger partial charge on any atom is 0.0450 e. The summed E-state index contributed by atoms with van der Waals surface area (Å²) in [5.74, 6) is 1.43.